The average Bonchev–Trinajstić information content (AvgIpc) is 3.12. The second-order valence-electron chi connectivity index (χ2n) is 5.60. The third-order valence-electron chi connectivity index (χ3n) is 3.93. The van der Waals surface area contributed by atoms with Gasteiger partial charge in [-0.3, -0.25) is 9.59 Å². The van der Waals surface area contributed by atoms with Crippen molar-refractivity contribution >= 4 is 17.5 Å². The fourth-order valence-electron chi connectivity index (χ4n) is 2.55. The number of hydrogen-bond acceptors (Lipinski definition) is 6. The number of carbonyl (C=O) groups excluding carboxylic acids is 2. The maximum Gasteiger partial charge on any atom is 0.259 e. The van der Waals surface area contributed by atoms with Gasteiger partial charge in [-0.05, 0) is 36.8 Å². The van der Waals surface area contributed by atoms with Crippen molar-refractivity contribution in [3.63, 3.8) is 0 Å². The molecule has 27 heavy (non-hydrogen) atoms. The largest absolute Gasteiger partial charge is 0.480 e. The lowest BCUT2D eigenvalue weighted by Gasteiger charge is -2.08. The molecule has 9 nitrogen and oxygen atoms in total. The van der Waals surface area contributed by atoms with E-state index in [0.29, 0.717) is 40.6 Å². The van der Waals surface area contributed by atoms with Gasteiger partial charge in [0, 0.05) is 17.3 Å². The molecule has 0 unspecified atom stereocenters. The van der Waals surface area contributed by atoms with E-state index in [-0.39, 0.29) is 5.91 Å². The highest BCUT2D eigenvalue weighted by molar-refractivity contribution is 6.05. The van der Waals surface area contributed by atoms with Crippen LogP contribution in [0.2, 0.25) is 0 Å². The minimum atomic E-state index is -0.525. The van der Waals surface area contributed by atoms with Crippen LogP contribution in [0.25, 0.3) is 5.82 Å². The van der Waals surface area contributed by atoms with Crippen molar-refractivity contribution in [2.75, 3.05) is 12.4 Å². The Labute approximate surface area is 155 Å². The molecule has 0 atom stereocenters. The highest BCUT2D eigenvalue weighted by atomic mass is 16.5. The van der Waals surface area contributed by atoms with Gasteiger partial charge in [0.05, 0.1) is 24.6 Å². The van der Waals surface area contributed by atoms with E-state index in [4.69, 9.17) is 10.5 Å². The molecule has 3 rings (SSSR count). The van der Waals surface area contributed by atoms with Gasteiger partial charge in [0.2, 0.25) is 11.8 Å². The quantitative estimate of drug-likeness (QED) is 0.682. The van der Waals surface area contributed by atoms with E-state index in [0.717, 1.165) is 0 Å². The van der Waals surface area contributed by atoms with Crippen LogP contribution in [0.3, 0.4) is 0 Å². The number of methoxy groups -OCH3 is 1. The molecule has 0 saturated carbocycles. The Bertz CT molecular complexity index is 964. The summed E-state index contributed by atoms with van der Waals surface area (Å²) in [5.41, 5.74) is 7.25. The number of hydrogen-bond donors (Lipinski definition) is 2. The number of carbonyl (C=O) groups is 2. The number of nitrogens with zero attached hydrogens (tertiary/aromatic N) is 4. The van der Waals surface area contributed by atoms with Gasteiger partial charge in [0.1, 0.15) is 0 Å². The summed E-state index contributed by atoms with van der Waals surface area (Å²) in [6.45, 7) is 1.92. The zero-order chi connectivity index (χ0) is 19.4. The molecule has 2 heterocycles. The first-order valence-electron chi connectivity index (χ1n) is 8.19. The standard InChI is InChI=1S/C18H18N6O3/c1-3-14-13(10-20-24(14)15-8-9-16(27-2)23-22-15)18(26)21-12-6-4-11(5-7-12)17(19)25/h4-10H,3H2,1-2H3,(H2,19,25)(H,21,26). The Hall–Kier alpha value is -3.75. The first kappa shape index (κ1) is 18.1. The zero-order valence-electron chi connectivity index (χ0n) is 14.8. The molecular formula is C18H18N6O3. The van der Waals surface area contributed by atoms with Gasteiger partial charge < -0.3 is 15.8 Å². The molecule has 9 heteroatoms. The van der Waals surface area contributed by atoms with Gasteiger partial charge in [-0.2, -0.15) is 5.10 Å². The number of benzene rings is 1. The minimum absolute atomic E-state index is 0.314. The fourth-order valence-corrected chi connectivity index (χ4v) is 2.55. The van der Waals surface area contributed by atoms with Gasteiger partial charge in [-0.15, -0.1) is 10.2 Å². The number of aromatic nitrogens is 4. The molecule has 0 fully saturated rings. The molecule has 3 aromatic rings. The molecule has 138 valence electrons. The molecule has 0 aliphatic rings. The van der Waals surface area contributed by atoms with E-state index < -0.39 is 5.91 Å². The monoisotopic (exact) mass is 366 g/mol. The van der Waals surface area contributed by atoms with Gasteiger partial charge in [-0.1, -0.05) is 6.92 Å². The maximum absolute atomic E-state index is 12.6. The predicted octanol–water partition coefficient (Wildman–Crippen LogP) is 1.58. The molecule has 2 amide bonds. The molecule has 0 aliphatic carbocycles. The van der Waals surface area contributed by atoms with Crippen LogP contribution in [0.5, 0.6) is 5.88 Å². The summed E-state index contributed by atoms with van der Waals surface area (Å²) in [5.74, 6) is 0.0354. The number of nitrogens with one attached hydrogen (secondary N) is 1. The summed E-state index contributed by atoms with van der Waals surface area (Å²) in [6.07, 6.45) is 2.05. The Balaban J connectivity index is 1.84. The number of amides is 2. The second kappa shape index (κ2) is 7.65. The van der Waals surface area contributed by atoms with Gasteiger partial charge in [-0.25, -0.2) is 4.68 Å². The predicted molar refractivity (Wildman–Crippen MR) is 98.0 cm³/mol. The second-order valence-corrected chi connectivity index (χ2v) is 5.60. The summed E-state index contributed by atoms with van der Waals surface area (Å²) in [4.78, 5) is 23.8. The van der Waals surface area contributed by atoms with E-state index in [1.165, 1.54) is 13.3 Å². The SMILES string of the molecule is CCc1c(C(=O)Nc2ccc(C(N)=O)cc2)cnn1-c1ccc(OC)nn1. The molecule has 0 aliphatic heterocycles. The number of anilines is 1. The van der Waals surface area contributed by atoms with Crippen LogP contribution < -0.4 is 15.8 Å². The summed E-state index contributed by atoms with van der Waals surface area (Å²) >= 11 is 0. The topological polar surface area (TPSA) is 125 Å². The van der Waals surface area contributed by atoms with Crippen molar-refractivity contribution in [1.82, 2.24) is 20.0 Å². The Morgan fingerprint density at radius 1 is 1.15 bits per heavy atom. The molecule has 2 aromatic heterocycles. The third-order valence-corrected chi connectivity index (χ3v) is 3.93. The minimum Gasteiger partial charge on any atom is -0.480 e. The van der Waals surface area contributed by atoms with Crippen molar-refractivity contribution in [2.24, 2.45) is 5.73 Å². The van der Waals surface area contributed by atoms with Crippen LogP contribution in [-0.4, -0.2) is 38.9 Å². The van der Waals surface area contributed by atoms with Crippen LogP contribution in [0, 0.1) is 0 Å². The first-order chi connectivity index (χ1) is 13.0. The summed E-state index contributed by atoms with van der Waals surface area (Å²) in [6, 6.07) is 9.71. The summed E-state index contributed by atoms with van der Waals surface area (Å²) in [7, 11) is 1.51. The fraction of sp³-hybridized carbons (Fsp3) is 0.167. The zero-order valence-corrected chi connectivity index (χ0v) is 14.8. The molecule has 1 aromatic carbocycles. The van der Waals surface area contributed by atoms with Crippen LogP contribution in [0.15, 0.2) is 42.6 Å². The van der Waals surface area contributed by atoms with Crippen LogP contribution in [0.1, 0.15) is 33.3 Å². The van der Waals surface area contributed by atoms with Crippen LogP contribution in [-0.2, 0) is 6.42 Å². The number of rotatable bonds is 6. The highest BCUT2D eigenvalue weighted by Crippen LogP contribution is 2.17. The van der Waals surface area contributed by atoms with Gasteiger partial charge in [0.15, 0.2) is 5.82 Å². The third kappa shape index (κ3) is 3.76. The number of ether oxygens (including phenoxy) is 1. The molecule has 3 N–H and O–H groups in total. The van der Waals surface area contributed by atoms with E-state index in [1.54, 1.807) is 41.1 Å². The molecule has 0 bridgehead atoms. The molecule has 0 spiro atoms. The lowest BCUT2D eigenvalue weighted by atomic mass is 10.1. The van der Waals surface area contributed by atoms with E-state index in [2.05, 4.69) is 20.6 Å². The number of nitrogens with two attached hydrogens (primary N) is 1. The van der Waals surface area contributed by atoms with E-state index in [9.17, 15) is 9.59 Å². The normalized spacial score (nSPS) is 10.4. The molecular weight excluding hydrogens is 348 g/mol. The Morgan fingerprint density at radius 3 is 2.44 bits per heavy atom. The highest BCUT2D eigenvalue weighted by Gasteiger charge is 2.18. The van der Waals surface area contributed by atoms with Gasteiger partial charge in [0.25, 0.3) is 5.91 Å². The van der Waals surface area contributed by atoms with Crippen LogP contribution >= 0.6 is 0 Å². The first-order valence-corrected chi connectivity index (χ1v) is 8.19. The lowest BCUT2D eigenvalue weighted by molar-refractivity contribution is 0.0998. The Morgan fingerprint density at radius 2 is 1.89 bits per heavy atom. The smallest absolute Gasteiger partial charge is 0.259 e. The van der Waals surface area contributed by atoms with Crippen molar-refractivity contribution in [2.45, 2.75) is 13.3 Å². The van der Waals surface area contributed by atoms with Crippen molar-refractivity contribution < 1.29 is 14.3 Å². The lowest BCUT2D eigenvalue weighted by Crippen LogP contribution is -2.15. The summed E-state index contributed by atoms with van der Waals surface area (Å²) in [5, 5.41) is 15.0. The summed E-state index contributed by atoms with van der Waals surface area (Å²) < 4.78 is 6.57. The number of primary amides is 1. The molecule has 0 saturated heterocycles. The van der Waals surface area contributed by atoms with Crippen molar-refractivity contribution in [3.05, 3.63) is 59.4 Å². The van der Waals surface area contributed by atoms with Crippen molar-refractivity contribution in [1.29, 1.82) is 0 Å². The molecule has 0 radical (unpaired) electrons. The van der Waals surface area contributed by atoms with Crippen LogP contribution in [0.4, 0.5) is 5.69 Å². The van der Waals surface area contributed by atoms with E-state index >= 15 is 0 Å². The Kier molecular flexibility index (Phi) is 5.11. The average molecular weight is 366 g/mol. The van der Waals surface area contributed by atoms with E-state index in [1.807, 2.05) is 6.92 Å². The van der Waals surface area contributed by atoms with Crippen molar-refractivity contribution in [3.8, 4) is 11.7 Å². The van der Waals surface area contributed by atoms with Gasteiger partial charge >= 0.3 is 0 Å². The maximum atomic E-state index is 12.6.